The molecule has 0 amide bonds. The smallest absolute Gasteiger partial charge is 0.123 e. The number of rotatable bonds is 3. The van der Waals surface area contributed by atoms with Gasteiger partial charge in [0.05, 0.1) is 0 Å². The molecule has 1 aliphatic rings. The van der Waals surface area contributed by atoms with Crippen LogP contribution in [0.5, 0.6) is 0 Å². The third-order valence-corrected chi connectivity index (χ3v) is 3.60. The molecular weight excluding hydrogens is 251 g/mol. The highest BCUT2D eigenvalue weighted by Crippen LogP contribution is 2.19. The molecule has 1 unspecified atom stereocenters. The summed E-state index contributed by atoms with van der Waals surface area (Å²) in [5.41, 5.74) is 7.10. The Morgan fingerprint density at radius 2 is 1.83 bits per heavy atom. The molecular formula is C14H22ClFN2. The van der Waals surface area contributed by atoms with Gasteiger partial charge in [-0.25, -0.2) is 4.39 Å². The largest absolute Gasteiger partial charge is 0.328 e. The first-order valence-electron chi connectivity index (χ1n) is 6.38. The Labute approximate surface area is 115 Å². The van der Waals surface area contributed by atoms with E-state index in [4.69, 9.17) is 5.73 Å². The van der Waals surface area contributed by atoms with Gasteiger partial charge in [-0.05, 0) is 49.5 Å². The number of likely N-dealkylation sites (tertiary alicyclic amines) is 1. The van der Waals surface area contributed by atoms with E-state index in [1.54, 1.807) is 0 Å². The van der Waals surface area contributed by atoms with Crippen LogP contribution in [0, 0.1) is 5.82 Å². The normalized spacial score (nSPS) is 19.3. The Bertz CT molecular complexity index is 347. The van der Waals surface area contributed by atoms with E-state index in [0.717, 1.165) is 32.5 Å². The molecule has 1 fully saturated rings. The number of halogens is 2. The summed E-state index contributed by atoms with van der Waals surface area (Å²) < 4.78 is 12.8. The number of nitrogens with two attached hydrogens (primary N) is 1. The molecule has 1 aromatic carbocycles. The summed E-state index contributed by atoms with van der Waals surface area (Å²) in [7, 11) is 0. The zero-order valence-corrected chi connectivity index (χ0v) is 11.6. The van der Waals surface area contributed by atoms with Crippen LogP contribution in [0.3, 0.4) is 0 Å². The maximum Gasteiger partial charge on any atom is 0.123 e. The molecule has 18 heavy (non-hydrogen) atoms. The summed E-state index contributed by atoms with van der Waals surface area (Å²) in [5.74, 6) is 0.287. The first-order valence-corrected chi connectivity index (χ1v) is 6.38. The number of nitrogens with zero attached hydrogens (tertiary/aromatic N) is 1. The minimum absolute atomic E-state index is 0. The van der Waals surface area contributed by atoms with Crippen molar-refractivity contribution in [2.24, 2.45) is 5.73 Å². The van der Waals surface area contributed by atoms with Crippen LogP contribution >= 0.6 is 12.4 Å². The molecule has 0 aliphatic carbocycles. The molecule has 0 saturated carbocycles. The monoisotopic (exact) mass is 272 g/mol. The topological polar surface area (TPSA) is 29.3 Å². The molecule has 4 heteroatoms. The van der Waals surface area contributed by atoms with E-state index >= 15 is 0 Å². The average Bonchev–Trinajstić information content (AvgIpc) is 2.33. The molecule has 0 radical (unpaired) electrons. The standard InChI is InChI=1S/C14H21FN2.ClH/c1-11(12-2-4-13(15)5-3-12)10-17-8-6-14(16)7-9-17;/h2-5,11,14H,6-10,16H2,1H3;1H. The summed E-state index contributed by atoms with van der Waals surface area (Å²) in [6.45, 7) is 5.42. The van der Waals surface area contributed by atoms with Gasteiger partial charge in [-0.1, -0.05) is 19.1 Å². The number of benzene rings is 1. The quantitative estimate of drug-likeness (QED) is 0.917. The van der Waals surface area contributed by atoms with Gasteiger partial charge in [0.2, 0.25) is 0 Å². The predicted molar refractivity (Wildman–Crippen MR) is 75.7 cm³/mol. The summed E-state index contributed by atoms with van der Waals surface area (Å²) in [5, 5.41) is 0. The second-order valence-electron chi connectivity index (χ2n) is 5.09. The molecule has 1 aromatic rings. The Morgan fingerprint density at radius 3 is 2.39 bits per heavy atom. The van der Waals surface area contributed by atoms with Gasteiger partial charge in [-0.3, -0.25) is 0 Å². The van der Waals surface area contributed by atoms with Crippen molar-refractivity contribution in [1.29, 1.82) is 0 Å². The van der Waals surface area contributed by atoms with Crippen LogP contribution < -0.4 is 5.73 Å². The minimum Gasteiger partial charge on any atom is -0.328 e. The van der Waals surface area contributed by atoms with E-state index in [-0.39, 0.29) is 18.2 Å². The van der Waals surface area contributed by atoms with Crippen LogP contribution in [0.25, 0.3) is 0 Å². The van der Waals surface area contributed by atoms with Crippen LogP contribution in [0.2, 0.25) is 0 Å². The number of hydrogen-bond donors (Lipinski definition) is 1. The van der Waals surface area contributed by atoms with Crippen molar-refractivity contribution in [3.05, 3.63) is 35.6 Å². The highest BCUT2D eigenvalue weighted by molar-refractivity contribution is 5.85. The van der Waals surface area contributed by atoms with Crippen LogP contribution in [-0.4, -0.2) is 30.6 Å². The fourth-order valence-electron chi connectivity index (χ4n) is 2.42. The van der Waals surface area contributed by atoms with Crippen molar-refractivity contribution in [2.75, 3.05) is 19.6 Å². The lowest BCUT2D eigenvalue weighted by Gasteiger charge is -2.32. The molecule has 102 valence electrons. The summed E-state index contributed by atoms with van der Waals surface area (Å²) >= 11 is 0. The zero-order valence-electron chi connectivity index (χ0n) is 10.8. The van der Waals surface area contributed by atoms with Gasteiger partial charge in [-0.2, -0.15) is 0 Å². The summed E-state index contributed by atoms with van der Waals surface area (Å²) in [4.78, 5) is 2.46. The summed E-state index contributed by atoms with van der Waals surface area (Å²) in [6, 6.07) is 7.23. The molecule has 1 aliphatic heterocycles. The maximum atomic E-state index is 12.8. The van der Waals surface area contributed by atoms with E-state index in [9.17, 15) is 4.39 Å². The minimum atomic E-state index is -0.162. The maximum absolute atomic E-state index is 12.8. The predicted octanol–water partition coefficient (Wildman–Crippen LogP) is 2.77. The van der Waals surface area contributed by atoms with Gasteiger partial charge in [0.25, 0.3) is 0 Å². The molecule has 2 N–H and O–H groups in total. The molecule has 1 heterocycles. The molecule has 0 spiro atoms. The molecule has 1 saturated heterocycles. The highest BCUT2D eigenvalue weighted by Gasteiger charge is 2.18. The van der Waals surface area contributed by atoms with E-state index in [1.165, 1.54) is 17.7 Å². The van der Waals surface area contributed by atoms with Crippen molar-refractivity contribution < 1.29 is 4.39 Å². The Balaban J connectivity index is 0.00000162. The van der Waals surface area contributed by atoms with Gasteiger partial charge in [0.1, 0.15) is 5.82 Å². The Hall–Kier alpha value is -0.640. The van der Waals surface area contributed by atoms with Gasteiger partial charge in [0, 0.05) is 12.6 Å². The van der Waals surface area contributed by atoms with Crippen molar-refractivity contribution in [2.45, 2.75) is 31.7 Å². The molecule has 0 aromatic heterocycles. The van der Waals surface area contributed by atoms with Gasteiger partial charge in [-0.15, -0.1) is 12.4 Å². The van der Waals surface area contributed by atoms with Gasteiger partial charge >= 0.3 is 0 Å². The first kappa shape index (κ1) is 15.4. The zero-order chi connectivity index (χ0) is 12.3. The number of piperidine rings is 1. The lowest BCUT2D eigenvalue weighted by molar-refractivity contribution is 0.204. The second kappa shape index (κ2) is 7.07. The van der Waals surface area contributed by atoms with Crippen molar-refractivity contribution in [1.82, 2.24) is 4.90 Å². The fraction of sp³-hybridized carbons (Fsp3) is 0.571. The second-order valence-corrected chi connectivity index (χ2v) is 5.09. The number of hydrogen-bond acceptors (Lipinski definition) is 2. The van der Waals surface area contributed by atoms with Crippen LogP contribution in [0.4, 0.5) is 4.39 Å². The van der Waals surface area contributed by atoms with Gasteiger partial charge < -0.3 is 10.6 Å². The van der Waals surface area contributed by atoms with Crippen LogP contribution in [-0.2, 0) is 0 Å². The lowest BCUT2D eigenvalue weighted by atomic mass is 9.98. The Kier molecular flexibility index (Phi) is 6.06. The molecule has 1 atom stereocenters. The van der Waals surface area contributed by atoms with Crippen LogP contribution in [0.1, 0.15) is 31.2 Å². The highest BCUT2D eigenvalue weighted by atomic mass is 35.5. The fourth-order valence-corrected chi connectivity index (χ4v) is 2.42. The van der Waals surface area contributed by atoms with Crippen LogP contribution in [0.15, 0.2) is 24.3 Å². The third-order valence-electron chi connectivity index (χ3n) is 3.60. The summed E-state index contributed by atoms with van der Waals surface area (Å²) in [6.07, 6.45) is 2.19. The molecule has 2 nitrogen and oxygen atoms in total. The molecule has 0 bridgehead atoms. The average molecular weight is 273 g/mol. The third kappa shape index (κ3) is 4.23. The Morgan fingerprint density at radius 1 is 1.28 bits per heavy atom. The van der Waals surface area contributed by atoms with E-state index in [0.29, 0.717) is 12.0 Å². The van der Waals surface area contributed by atoms with Crippen molar-refractivity contribution >= 4 is 12.4 Å². The van der Waals surface area contributed by atoms with Gasteiger partial charge in [0.15, 0.2) is 0 Å². The van der Waals surface area contributed by atoms with Crippen molar-refractivity contribution in [3.63, 3.8) is 0 Å². The van der Waals surface area contributed by atoms with E-state index < -0.39 is 0 Å². The van der Waals surface area contributed by atoms with Crippen molar-refractivity contribution in [3.8, 4) is 0 Å². The molecule has 2 rings (SSSR count). The lowest BCUT2D eigenvalue weighted by Crippen LogP contribution is -2.41. The van der Waals surface area contributed by atoms with E-state index in [1.807, 2.05) is 12.1 Å². The SMILES string of the molecule is CC(CN1CCC(N)CC1)c1ccc(F)cc1.Cl. The first-order chi connectivity index (χ1) is 8.15. The van der Waals surface area contributed by atoms with E-state index in [2.05, 4.69) is 11.8 Å².